The van der Waals surface area contributed by atoms with Crippen LogP contribution in [-0.4, -0.2) is 77.0 Å². The number of nitrogens with zero attached hydrogens (tertiary/aromatic N) is 3. The molecule has 3 atom stereocenters. The number of rotatable bonds is 9. The van der Waals surface area contributed by atoms with Gasteiger partial charge in [-0.3, -0.25) is 14.5 Å². The molecule has 2 aliphatic heterocycles. The molecule has 0 bridgehead atoms. The van der Waals surface area contributed by atoms with Gasteiger partial charge in [-0.05, 0) is 61.5 Å². The van der Waals surface area contributed by atoms with Crippen LogP contribution in [0.25, 0.3) is 10.9 Å². The van der Waals surface area contributed by atoms with Crippen molar-refractivity contribution >= 4 is 28.4 Å². The van der Waals surface area contributed by atoms with Crippen LogP contribution in [0, 0.1) is 5.92 Å². The second-order valence-corrected chi connectivity index (χ2v) is 12.2. The Morgan fingerprint density at radius 1 is 1.09 bits per heavy atom. The van der Waals surface area contributed by atoms with E-state index in [4.69, 9.17) is 14.2 Å². The first kappa shape index (κ1) is 30.5. The summed E-state index contributed by atoms with van der Waals surface area (Å²) in [5.41, 5.74) is 3.95. The molecule has 0 fully saturated rings. The van der Waals surface area contributed by atoms with Gasteiger partial charge < -0.3 is 34.1 Å². The van der Waals surface area contributed by atoms with Gasteiger partial charge in [0, 0.05) is 55.4 Å². The van der Waals surface area contributed by atoms with Crippen molar-refractivity contribution < 1.29 is 28.9 Å². The van der Waals surface area contributed by atoms with Gasteiger partial charge in [0.15, 0.2) is 11.5 Å². The van der Waals surface area contributed by atoms with Gasteiger partial charge in [0.1, 0.15) is 11.9 Å². The van der Waals surface area contributed by atoms with E-state index < -0.39 is 0 Å². The first-order valence-electron chi connectivity index (χ1n) is 15.3. The number of hydrogen-bond acceptors (Lipinski definition) is 7. The van der Waals surface area contributed by atoms with Crippen LogP contribution in [0.4, 0.5) is 5.69 Å². The number of aromatic nitrogens is 1. The largest absolute Gasteiger partial charge is 0.488 e. The molecule has 1 aromatic heterocycles. The average Bonchev–Trinajstić information content (AvgIpc) is 3.62. The maximum absolute atomic E-state index is 13.9. The van der Waals surface area contributed by atoms with E-state index in [1.807, 2.05) is 74.2 Å². The number of amides is 2. The lowest BCUT2D eigenvalue weighted by molar-refractivity contribution is -0.115. The summed E-state index contributed by atoms with van der Waals surface area (Å²) in [5, 5.41) is 14.0. The molecule has 2 N–H and O–H groups in total. The highest BCUT2D eigenvalue weighted by Crippen LogP contribution is 2.34. The molecule has 3 aromatic carbocycles. The Bertz CT molecular complexity index is 1720. The highest BCUT2D eigenvalue weighted by molar-refractivity contribution is 6.00. The zero-order chi connectivity index (χ0) is 31.7. The first-order chi connectivity index (χ1) is 21.7. The third-order valence-corrected chi connectivity index (χ3v) is 8.66. The smallest absolute Gasteiger partial charge is 0.258 e. The minimum Gasteiger partial charge on any atom is -0.488 e. The third kappa shape index (κ3) is 6.48. The molecule has 0 aliphatic carbocycles. The molecule has 0 saturated heterocycles. The fraction of sp³-hybridized carbons (Fsp3) is 0.371. The standard InChI is InChI=1S/C35H40N4O6/c1-22-16-39(23(2)20-40)35(42)28-15-26(36-34(41)14-25-18-38(4)29-8-6-5-7-27(25)29)10-12-30(28)45-33(22)19-37(3)17-24-9-11-31-32(13-24)44-21-43-31/h5-13,15,18,22-23,33,40H,14,16-17,19-21H2,1-4H3,(H,36,41)/t22-,23-,33-/m0/s1. The number of aliphatic hydroxyl groups is 1. The highest BCUT2D eigenvalue weighted by Gasteiger charge is 2.33. The predicted octanol–water partition coefficient (Wildman–Crippen LogP) is 4.44. The van der Waals surface area contributed by atoms with Crippen LogP contribution >= 0.6 is 0 Å². The summed E-state index contributed by atoms with van der Waals surface area (Å²) in [4.78, 5) is 30.9. The summed E-state index contributed by atoms with van der Waals surface area (Å²) < 4.78 is 19.6. The van der Waals surface area contributed by atoms with Crippen LogP contribution in [-0.2, 0) is 24.8 Å². The molecule has 4 aromatic rings. The zero-order valence-electron chi connectivity index (χ0n) is 26.2. The summed E-state index contributed by atoms with van der Waals surface area (Å²) in [5.74, 6) is 1.52. The Balaban J connectivity index is 1.21. The molecule has 0 spiro atoms. The lowest BCUT2D eigenvalue weighted by Crippen LogP contribution is -2.49. The lowest BCUT2D eigenvalue weighted by atomic mass is 9.99. The first-order valence-corrected chi connectivity index (χ1v) is 15.3. The quantitative estimate of drug-likeness (QED) is 0.288. The van der Waals surface area contributed by atoms with E-state index in [0.717, 1.165) is 33.5 Å². The SMILES string of the molecule is C[C@H]1CN([C@@H](C)CO)C(=O)c2cc(NC(=O)Cc3cn(C)c4ccccc34)ccc2O[C@H]1CN(C)Cc1ccc2c(c1)OCO2. The van der Waals surface area contributed by atoms with Crippen LogP contribution in [0.5, 0.6) is 17.2 Å². The van der Waals surface area contributed by atoms with Crippen molar-refractivity contribution in [2.75, 3.05) is 38.9 Å². The Labute approximate surface area is 263 Å². The van der Waals surface area contributed by atoms with Crippen molar-refractivity contribution in [3.05, 3.63) is 83.6 Å². The van der Waals surface area contributed by atoms with Crippen molar-refractivity contribution in [3.63, 3.8) is 0 Å². The monoisotopic (exact) mass is 612 g/mol. The van der Waals surface area contributed by atoms with Gasteiger partial charge in [-0.25, -0.2) is 0 Å². The summed E-state index contributed by atoms with van der Waals surface area (Å²) in [6, 6.07) is 18.8. The number of aliphatic hydroxyl groups excluding tert-OH is 1. The van der Waals surface area contributed by atoms with E-state index in [1.165, 1.54) is 0 Å². The second-order valence-electron chi connectivity index (χ2n) is 12.2. The number of benzene rings is 3. The molecular weight excluding hydrogens is 572 g/mol. The van der Waals surface area contributed by atoms with Crippen LogP contribution in [0.3, 0.4) is 0 Å². The summed E-state index contributed by atoms with van der Waals surface area (Å²) in [7, 11) is 4.00. The molecule has 10 heteroatoms. The van der Waals surface area contributed by atoms with Gasteiger partial charge in [0.25, 0.3) is 5.91 Å². The zero-order valence-corrected chi connectivity index (χ0v) is 26.2. The predicted molar refractivity (Wildman–Crippen MR) is 172 cm³/mol. The number of carbonyl (C=O) groups is 2. The van der Waals surface area contributed by atoms with Crippen LogP contribution in [0.15, 0.2) is 66.9 Å². The molecule has 0 saturated carbocycles. The highest BCUT2D eigenvalue weighted by atomic mass is 16.7. The molecule has 0 radical (unpaired) electrons. The number of anilines is 1. The van der Waals surface area contributed by atoms with E-state index in [-0.39, 0.29) is 49.7 Å². The molecule has 0 unspecified atom stereocenters. The Hall–Kier alpha value is -4.54. The maximum Gasteiger partial charge on any atom is 0.258 e. The number of carbonyl (C=O) groups excluding carboxylic acids is 2. The average molecular weight is 613 g/mol. The van der Waals surface area contributed by atoms with Crippen molar-refractivity contribution in [2.24, 2.45) is 13.0 Å². The fourth-order valence-corrected chi connectivity index (χ4v) is 6.19. The van der Waals surface area contributed by atoms with E-state index in [1.54, 1.807) is 23.1 Å². The van der Waals surface area contributed by atoms with Crippen LogP contribution in [0.2, 0.25) is 0 Å². The number of para-hydroxylation sites is 1. The molecular formula is C35H40N4O6. The number of fused-ring (bicyclic) bond motifs is 3. The van der Waals surface area contributed by atoms with Gasteiger partial charge in [0.2, 0.25) is 12.7 Å². The number of ether oxygens (including phenoxy) is 3. The topological polar surface area (TPSA) is 106 Å². The number of likely N-dealkylation sites (N-methyl/N-ethyl adjacent to an activating group) is 1. The fourth-order valence-electron chi connectivity index (χ4n) is 6.19. The van der Waals surface area contributed by atoms with Gasteiger partial charge in [-0.2, -0.15) is 0 Å². The molecule has 2 amide bonds. The lowest BCUT2D eigenvalue weighted by Gasteiger charge is -2.38. The minimum atomic E-state index is -0.387. The second kappa shape index (κ2) is 12.8. The van der Waals surface area contributed by atoms with Crippen LogP contribution < -0.4 is 19.5 Å². The van der Waals surface area contributed by atoms with Gasteiger partial charge in [-0.1, -0.05) is 31.2 Å². The third-order valence-electron chi connectivity index (χ3n) is 8.66. The van der Waals surface area contributed by atoms with Crippen molar-refractivity contribution in [1.29, 1.82) is 0 Å². The Kier molecular flexibility index (Phi) is 8.69. The van der Waals surface area contributed by atoms with Crippen LogP contribution in [0.1, 0.15) is 35.3 Å². The maximum atomic E-state index is 13.9. The van der Waals surface area contributed by atoms with Gasteiger partial charge in [0.05, 0.1) is 24.6 Å². The van der Waals surface area contributed by atoms with Crippen molar-refractivity contribution in [3.8, 4) is 17.2 Å². The van der Waals surface area contributed by atoms with E-state index in [2.05, 4.69) is 17.1 Å². The van der Waals surface area contributed by atoms with Gasteiger partial charge >= 0.3 is 0 Å². The molecule has 2 aliphatic rings. The molecule has 45 heavy (non-hydrogen) atoms. The number of aryl methyl sites for hydroxylation is 1. The summed E-state index contributed by atoms with van der Waals surface area (Å²) in [6.45, 7) is 5.67. The Morgan fingerprint density at radius 3 is 2.69 bits per heavy atom. The molecule has 10 nitrogen and oxygen atoms in total. The molecule has 6 rings (SSSR count). The molecule has 236 valence electrons. The van der Waals surface area contributed by atoms with E-state index in [9.17, 15) is 14.7 Å². The number of hydrogen-bond donors (Lipinski definition) is 2. The van der Waals surface area contributed by atoms with Gasteiger partial charge in [-0.15, -0.1) is 0 Å². The van der Waals surface area contributed by atoms with Crippen molar-refractivity contribution in [2.45, 2.75) is 39.0 Å². The summed E-state index contributed by atoms with van der Waals surface area (Å²) in [6.07, 6.45) is 1.93. The van der Waals surface area contributed by atoms with E-state index in [0.29, 0.717) is 36.6 Å². The normalized spacial score (nSPS) is 18.4. The number of nitrogens with one attached hydrogen (secondary N) is 1. The summed E-state index contributed by atoms with van der Waals surface area (Å²) >= 11 is 0. The van der Waals surface area contributed by atoms with Crippen molar-refractivity contribution in [1.82, 2.24) is 14.4 Å². The van der Waals surface area contributed by atoms with E-state index >= 15 is 0 Å². The minimum absolute atomic E-state index is 0.0182. The molecule has 3 heterocycles. The Morgan fingerprint density at radius 2 is 1.87 bits per heavy atom.